The predicted molar refractivity (Wildman–Crippen MR) is 72.5 cm³/mol. The molecule has 7 heteroatoms. The molecule has 0 aromatic carbocycles. The van der Waals surface area contributed by atoms with Crippen LogP contribution >= 0.6 is 0 Å². The molecule has 7 nitrogen and oxygen atoms in total. The van der Waals surface area contributed by atoms with Crippen molar-refractivity contribution in [1.29, 1.82) is 0 Å². The zero-order valence-electron chi connectivity index (χ0n) is 11.5. The number of nitrogens with one attached hydrogen (secondary N) is 1. The van der Waals surface area contributed by atoms with E-state index in [0.717, 1.165) is 13.0 Å². The van der Waals surface area contributed by atoms with E-state index in [1.165, 1.54) is 16.8 Å². The summed E-state index contributed by atoms with van der Waals surface area (Å²) in [4.78, 5) is 38.4. The van der Waals surface area contributed by atoms with Gasteiger partial charge in [0.15, 0.2) is 0 Å². The molecule has 1 amide bonds. The standard InChI is InChI=1S/C13H19N3O4/c1-20-9-10-2-5-16(8-10)12(18)4-7-15-6-3-11(17)14-13(15)19/h3,6,10H,2,4-5,7-9H2,1H3,(H,14,17,19)/t10-/m0/s1. The quantitative estimate of drug-likeness (QED) is 0.782. The third-order valence-electron chi connectivity index (χ3n) is 3.50. The average molecular weight is 281 g/mol. The number of rotatable bonds is 5. The first-order chi connectivity index (χ1) is 9.60. The van der Waals surface area contributed by atoms with E-state index >= 15 is 0 Å². The molecule has 1 atom stereocenters. The van der Waals surface area contributed by atoms with E-state index in [4.69, 9.17) is 4.74 Å². The van der Waals surface area contributed by atoms with Crippen LogP contribution in [0.1, 0.15) is 12.8 Å². The maximum atomic E-state index is 12.0. The number of nitrogens with zero attached hydrogens (tertiary/aromatic N) is 2. The van der Waals surface area contributed by atoms with Crippen molar-refractivity contribution in [1.82, 2.24) is 14.5 Å². The summed E-state index contributed by atoms with van der Waals surface area (Å²) < 4.78 is 6.43. The van der Waals surface area contributed by atoms with E-state index in [2.05, 4.69) is 4.98 Å². The predicted octanol–water partition coefficient (Wildman–Crippen LogP) is -0.578. The summed E-state index contributed by atoms with van der Waals surface area (Å²) in [5.41, 5.74) is -0.913. The second-order valence-corrected chi connectivity index (χ2v) is 5.00. The van der Waals surface area contributed by atoms with Gasteiger partial charge in [-0.2, -0.15) is 0 Å². The molecule has 0 bridgehead atoms. The third-order valence-corrected chi connectivity index (χ3v) is 3.50. The monoisotopic (exact) mass is 281 g/mol. The number of carbonyl (C=O) groups excluding carboxylic acids is 1. The van der Waals surface area contributed by atoms with Gasteiger partial charge in [-0.3, -0.25) is 14.6 Å². The minimum atomic E-state index is -0.482. The van der Waals surface area contributed by atoms with E-state index in [0.29, 0.717) is 19.1 Å². The van der Waals surface area contributed by atoms with Crippen LogP contribution in [0.4, 0.5) is 0 Å². The van der Waals surface area contributed by atoms with Gasteiger partial charge in [-0.1, -0.05) is 0 Å². The van der Waals surface area contributed by atoms with E-state index < -0.39 is 11.2 Å². The molecule has 1 aromatic rings. The molecule has 1 aromatic heterocycles. The molecular formula is C13H19N3O4. The van der Waals surface area contributed by atoms with E-state index in [-0.39, 0.29) is 18.9 Å². The van der Waals surface area contributed by atoms with Gasteiger partial charge in [0.1, 0.15) is 0 Å². The van der Waals surface area contributed by atoms with Crippen LogP contribution in [0.2, 0.25) is 0 Å². The molecule has 1 aliphatic heterocycles. The first-order valence-electron chi connectivity index (χ1n) is 6.66. The molecule has 110 valence electrons. The van der Waals surface area contributed by atoms with Crippen molar-refractivity contribution in [3.05, 3.63) is 33.1 Å². The van der Waals surface area contributed by atoms with E-state index in [1.807, 2.05) is 0 Å². The summed E-state index contributed by atoms with van der Waals surface area (Å²) in [7, 11) is 1.66. The summed E-state index contributed by atoms with van der Waals surface area (Å²) in [5.74, 6) is 0.432. The number of hydrogen-bond donors (Lipinski definition) is 1. The van der Waals surface area contributed by atoms with Gasteiger partial charge in [0.05, 0.1) is 6.61 Å². The van der Waals surface area contributed by atoms with Gasteiger partial charge in [-0.15, -0.1) is 0 Å². The Morgan fingerprint density at radius 2 is 2.30 bits per heavy atom. The van der Waals surface area contributed by atoms with Crippen LogP contribution < -0.4 is 11.2 Å². The molecule has 20 heavy (non-hydrogen) atoms. The van der Waals surface area contributed by atoms with Crippen molar-refractivity contribution < 1.29 is 9.53 Å². The first kappa shape index (κ1) is 14.5. The van der Waals surface area contributed by atoms with Crippen LogP contribution in [0.5, 0.6) is 0 Å². The van der Waals surface area contributed by atoms with E-state index in [1.54, 1.807) is 12.0 Å². The lowest BCUT2D eigenvalue weighted by Gasteiger charge is -2.16. The number of aromatic nitrogens is 2. The number of hydrogen-bond acceptors (Lipinski definition) is 4. The average Bonchev–Trinajstić information content (AvgIpc) is 2.86. The number of amides is 1. The molecule has 2 heterocycles. The Morgan fingerprint density at radius 3 is 3.00 bits per heavy atom. The second-order valence-electron chi connectivity index (χ2n) is 5.00. The lowest BCUT2D eigenvalue weighted by Crippen LogP contribution is -2.33. The van der Waals surface area contributed by atoms with Gasteiger partial charge in [0, 0.05) is 51.3 Å². The van der Waals surface area contributed by atoms with Gasteiger partial charge in [0.25, 0.3) is 5.56 Å². The van der Waals surface area contributed by atoms with Crippen molar-refractivity contribution in [2.45, 2.75) is 19.4 Å². The number of H-pyrrole nitrogens is 1. The lowest BCUT2D eigenvalue weighted by molar-refractivity contribution is -0.130. The molecule has 2 rings (SSSR count). The molecule has 0 aliphatic carbocycles. The largest absolute Gasteiger partial charge is 0.384 e. The van der Waals surface area contributed by atoms with Crippen molar-refractivity contribution in [2.75, 3.05) is 26.8 Å². The maximum Gasteiger partial charge on any atom is 0.328 e. The highest BCUT2D eigenvalue weighted by Crippen LogP contribution is 2.17. The molecule has 1 aliphatic rings. The van der Waals surface area contributed by atoms with Gasteiger partial charge in [-0.25, -0.2) is 4.79 Å². The van der Waals surface area contributed by atoms with Crippen molar-refractivity contribution in [2.24, 2.45) is 5.92 Å². The van der Waals surface area contributed by atoms with Gasteiger partial charge in [-0.05, 0) is 6.42 Å². The zero-order valence-corrected chi connectivity index (χ0v) is 11.5. The number of carbonyl (C=O) groups is 1. The second kappa shape index (κ2) is 6.51. The minimum Gasteiger partial charge on any atom is -0.384 e. The van der Waals surface area contributed by atoms with Gasteiger partial charge in [0.2, 0.25) is 5.91 Å². The minimum absolute atomic E-state index is 0.0294. The van der Waals surface area contributed by atoms with Crippen LogP contribution in [0.25, 0.3) is 0 Å². The summed E-state index contributed by atoms with van der Waals surface area (Å²) in [6.45, 7) is 2.41. The Balaban J connectivity index is 1.86. The van der Waals surface area contributed by atoms with Crippen molar-refractivity contribution in [3.8, 4) is 0 Å². The number of aromatic amines is 1. The molecular weight excluding hydrogens is 262 g/mol. The van der Waals surface area contributed by atoms with E-state index in [9.17, 15) is 14.4 Å². The molecule has 0 saturated carbocycles. The fraction of sp³-hybridized carbons (Fsp3) is 0.615. The Hall–Kier alpha value is -1.89. The highest BCUT2D eigenvalue weighted by molar-refractivity contribution is 5.76. The highest BCUT2D eigenvalue weighted by Gasteiger charge is 2.25. The van der Waals surface area contributed by atoms with Crippen LogP contribution in [-0.2, 0) is 16.1 Å². The molecule has 1 N–H and O–H groups in total. The van der Waals surface area contributed by atoms with Crippen molar-refractivity contribution >= 4 is 5.91 Å². The van der Waals surface area contributed by atoms with Crippen LogP contribution in [-0.4, -0.2) is 47.2 Å². The first-order valence-corrected chi connectivity index (χ1v) is 6.66. The highest BCUT2D eigenvalue weighted by atomic mass is 16.5. The molecule has 1 saturated heterocycles. The summed E-state index contributed by atoms with van der Waals surface area (Å²) in [6.07, 6.45) is 2.62. The fourth-order valence-corrected chi connectivity index (χ4v) is 2.43. The van der Waals surface area contributed by atoms with Gasteiger partial charge >= 0.3 is 5.69 Å². The number of methoxy groups -OCH3 is 1. The summed E-state index contributed by atoms with van der Waals surface area (Å²) >= 11 is 0. The fourth-order valence-electron chi connectivity index (χ4n) is 2.43. The Kier molecular flexibility index (Phi) is 4.73. The Bertz CT molecular complexity index is 577. The Labute approximate surface area is 116 Å². The van der Waals surface area contributed by atoms with Crippen molar-refractivity contribution in [3.63, 3.8) is 0 Å². The molecule has 0 spiro atoms. The van der Waals surface area contributed by atoms with Crippen LogP contribution in [0.3, 0.4) is 0 Å². The molecule has 1 fully saturated rings. The molecule has 0 unspecified atom stereocenters. The number of likely N-dealkylation sites (tertiary alicyclic amines) is 1. The number of ether oxygens (including phenoxy) is 1. The number of aryl methyl sites for hydroxylation is 1. The molecule has 0 radical (unpaired) electrons. The van der Waals surface area contributed by atoms with Gasteiger partial charge < -0.3 is 14.2 Å². The van der Waals surface area contributed by atoms with Crippen LogP contribution in [0, 0.1) is 5.92 Å². The van der Waals surface area contributed by atoms with Crippen LogP contribution in [0.15, 0.2) is 21.9 Å². The topological polar surface area (TPSA) is 84.4 Å². The lowest BCUT2D eigenvalue weighted by atomic mass is 10.1. The smallest absolute Gasteiger partial charge is 0.328 e. The zero-order chi connectivity index (χ0) is 14.5. The SMILES string of the molecule is COC[C@H]1CCN(C(=O)CCn2ccc(=O)[nH]c2=O)C1. The summed E-state index contributed by atoms with van der Waals surface area (Å²) in [5, 5.41) is 0. The Morgan fingerprint density at radius 1 is 1.50 bits per heavy atom. The third kappa shape index (κ3) is 3.57. The summed E-state index contributed by atoms with van der Waals surface area (Å²) in [6, 6.07) is 1.27. The maximum absolute atomic E-state index is 12.0. The normalized spacial score (nSPS) is 18.4.